The van der Waals surface area contributed by atoms with Crippen molar-refractivity contribution in [2.24, 2.45) is 0 Å². The van der Waals surface area contributed by atoms with Crippen LogP contribution in [0.25, 0.3) is 0 Å². The lowest BCUT2D eigenvalue weighted by atomic mass is 10.1. The van der Waals surface area contributed by atoms with Gasteiger partial charge in [-0.1, -0.05) is 42.1 Å². The number of aromatic nitrogens is 3. The molecule has 0 spiro atoms. The maximum Gasteiger partial charge on any atom is 0.262 e. The van der Waals surface area contributed by atoms with Gasteiger partial charge in [-0.05, 0) is 30.7 Å². The molecule has 8 heteroatoms. The normalized spacial score (nSPS) is 12.8. The molecule has 7 nitrogen and oxygen atoms in total. The number of aryl methyl sites for hydroxylation is 1. The van der Waals surface area contributed by atoms with Crippen molar-refractivity contribution in [3.05, 3.63) is 65.5 Å². The standard InChI is InChI=1S/C20H18N4O3S/c1-13-22-23-20(24(13)10-14-5-3-2-4-6-14)28-12-17(25)15-7-8-18-16(9-15)21-19(26)11-27-18/h2-9H,10-12H2,1H3,(H,21,26). The number of ether oxygens (including phenoxy) is 1. The van der Waals surface area contributed by atoms with E-state index in [4.69, 9.17) is 4.74 Å². The number of Topliss-reactive ketones (excluding diaryl/α,β-unsaturated/α-hetero) is 1. The topological polar surface area (TPSA) is 86.1 Å². The quantitative estimate of drug-likeness (QED) is 0.511. The van der Waals surface area contributed by atoms with Crippen LogP contribution in [0, 0.1) is 6.92 Å². The third-order valence-electron chi connectivity index (χ3n) is 4.35. The van der Waals surface area contributed by atoms with Gasteiger partial charge in [0.15, 0.2) is 17.5 Å². The van der Waals surface area contributed by atoms with Crippen molar-refractivity contribution in [2.75, 3.05) is 17.7 Å². The summed E-state index contributed by atoms with van der Waals surface area (Å²) in [6.07, 6.45) is 0. The van der Waals surface area contributed by atoms with Crippen LogP contribution >= 0.6 is 11.8 Å². The average Bonchev–Trinajstić information content (AvgIpc) is 3.06. The summed E-state index contributed by atoms with van der Waals surface area (Å²) in [4.78, 5) is 24.1. The third kappa shape index (κ3) is 3.91. The number of nitrogens with one attached hydrogen (secondary N) is 1. The number of fused-ring (bicyclic) bond motifs is 1. The van der Waals surface area contributed by atoms with Crippen molar-refractivity contribution in [3.8, 4) is 5.75 Å². The second kappa shape index (κ2) is 7.85. The smallest absolute Gasteiger partial charge is 0.262 e. The molecule has 0 saturated heterocycles. The fourth-order valence-electron chi connectivity index (χ4n) is 2.89. The summed E-state index contributed by atoms with van der Waals surface area (Å²) in [5.41, 5.74) is 2.18. The fraction of sp³-hybridized carbons (Fsp3) is 0.200. The minimum absolute atomic E-state index is 0.00737. The Hall–Kier alpha value is -3.13. The number of hydrogen-bond donors (Lipinski definition) is 1. The van der Waals surface area contributed by atoms with Crippen LogP contribution in [-0.4, -0.2) is 38.8 Å². The van der Waals surface area contributed by atoms with Gasteiger partial charge in [-0.15, -0.1) is 10.2 Å². The molecular formula is C20H18N4O3S. The predicted molar refractivity (Wildman–Crippen MR) is 106 cm³/mol. The van der Waals surface area contributed by atoms with E-state index in [1.165, 1.54) is 11.8 Å². The van der Waals surface area contributed by atoms with Crippen LogP contribution in [-0.2, 0) is 11.3 Å². The van der Waals surface area contributed by atoms with Crippen molar-refractivity contribution in [1.82, 2.24) is 14.8 Å². The first-order valence-electron chi connectivity index (χ1n) is 8.76. The molecule has 2 heterocycles. The Balaban J connectivity index is 1.46. The van der Waals surface area contributed by atoms with Gasteiger partial charge >= 0.3 is 0 Å². The number of carbonyl (C=O) groups excluding carboxylic acids is 2. The molecule has 0 unspecified atom stereocenters. The van der Waals surface area contributed by atoms with Crippen LogP contribution in [0.4, 0.5) is 5.69 Å². The molecule has 1 aliphatic heterocycles. The number of anilines is 1. The van der Waals surface area contributed by atoms with E-state index in [-0.39, 0.29) is 24.1 Å². The molecular weight excluding hydrogens is 376 g/mol. The fourth-order valence-corrected chi connectivity index (χ4v) is 3.76. The number of carbonyl (C=O) groups is 2. The molecule has 1 amide bonds. The molecule has 0 saturated carbocycles. The Morgan fingerprint density at radius 1 is 1.21 bits per heavy atom. The first kappa shape index (κ1) is 18.2. The molecule has 0 aliphatic carbocycles. The average molecular weight is 394 g/mol. The van der Waals surface area contributed by atoms with Gasteiger partial charge in [0.05, 0.1) is 18.0 Å². The van der Waals surface area contributed by atoms with E-state index in [1.807, 2.05) is 41.8 Å². The lowest BCUT2D eigenvalue weighted by Gasteiger charge is -2.18. The maximum absolute atomic E-state index is 12.6. The summed E-state index contributed by atoms with van der Waals surface area (Å²) in [5, 5.41) is 11.8. The first-order chi connectivity index (χ1) is 13.6. The summed E-state index contributed by atoms with van der Waals surface area (Å²) in [7, 11) is 0. The Morgan fingerprint density at radius 3 is 2.86 bits per heavy atom. The second-order valence-corrected chi connectivity index (χ2v) is 7.30. The van der Waals surface area contributed by atoms with Crippen molar-refractivity contribution < 1.29 is 14.3 Å². The Labute approximate surface area is 166 Å². The number of rotatable bonds is 6. The summed E-state index contributed by atoms with van der Waals surface area (Å²) >= 11 is 1.35. The molecule has 1 aliphatic rings. The van der Waals surface area contributed by atoms with Crippen LogP contribution in [0.2, 0.25) is 0 Å². The van der Waals surface area contributed by atoms with Crippen LogP contribution in [0.5, 0.6) is 5.75 Å². The zero-order valence-corrected chi connectivity index (χ0v) is 16.0. The second-order valence-electron chi connectivity index (χ2n) is 6.36. The van der Waals surface area contributed by atoms with Gasteiger partial charge in [0.1, 0.15) is 11.6 Å². The van der Waals surface area contributed by atoms with Crippen LogP contribution < -0.4 is 10.1 Å². The largest absolute Gasteiger partial charge is 0.482 e. The van der Waals surface area contributed by atoms with Gasteiger partial charge in [0.2, 0.25) is 0 Å². The predicted octanol–water partition coefficient (Wildman–Crippen LogP) is 2.94. The highest BCUT2D eigenvalue weighted by Crippen LogP contribution is 2.29. The van der Waals surface area contributed by atoms with Gasteiger partial charge in [-0.2, -0.15) is 0 Å². The first-order valence-corrected chi connectivity index (χ1v) is 9.75. The molecule has 1 aromatic heterocycles. The third-order valence-corrected chi connectivity index (χ3v) is 5.32. The van der Waals surface area contributed by atoms with Gasteiger partial charge in [-0.25, -0.2) is 0 Å². The minimum Gasteiger partial charge on any atom is -0.482 e. The van der Waals surface area contributed by atoms with Crippen LogP contribution in [0.3, 0.4) is 0 Å². The number of ketones is 1. The summed E-state index contributed by atoms with van der Waals surface area (Å²) < 4.78 is 7.32. The zero-order valence-electron chi connectivity index (χ0n) is 15.2. The Kier molecular flexibility index (Phi) is 5.12. The maximum atomic E-state index is 12.6. The highest BCUT2D eigenvalue weighted by molar-refractivity contribution is 7.99. The lowest BCUT2D eigenvalue weighted by molar-refractivity contribution is -0.118. The SMILES string of the molecule is Cc1nnc(SCC(=O)c2ccc3c(c2)NC(=O)CO3)n1Cc1ccccc1. The number of amides is 1. The molecule has 142 valence electrons. The summed E-state index contributed by atoms with van der Waals surface area (Å²) in [5.74, 6) is 1.31. The highest BCUT2D eigenvalue weighted by atomic mass is 32.2. The van der Waals surface area contributed by atoms with Crippen molar-refractivity contribution in [2.45, 2.75) is 18.6 Å². The van der Waals surface area contributed by atoms with E-state index < -0.39 is 0 Å². The van der Waals surface area contributed by atoms with Gasteiger partial charge in [0.25, 0.3) is 5.91 Å². The Morgan fingerprint density at radius 2 is 2.04 bits per heavy atom. The Bertz CT molecular complexity index is 1030. The van der Waals surface area contributed by atoms with Crippen LogP contribution in [0.1, 0.15) is 21.7 Å². The van der Waals surface area contributed by atoms with E-state index in [0.29, 0.717) is 28.7 Å². The summed E-state index contributed by atoms with van der Waals surface area (Å²) in [6.45, 7) is 2.54. The number of thioether (sulfide) groups is 1. The minimum atomic E-state index is -0.226. The monoisotopic (exact) mass is 394 g/mol. The van der Waals surface area contributed by atoms with E-state index in [0.717, 1.165) is 11.4 Å². The van der Waals surface area contributed by atoms with E-state index in [9.17, 15) is 9.59 Å². The van der Waals surface area contributed by atoms with Crippen LogP contribution in [0.15, 0.2) is 53.7 Å². The molecule has 1 N–H and O–H groups in total. The van der Waals surface area contributed by atoms with Crippen molar-refractivity contribution in [1.29, 1.82) is 0 Å². The van der Waals surface area contributed by atoms with Gasteiger partial charge in [-0.3, -0.25) is 9.59 Å². The van der Waals surface area contributed by atoms with E-state index in [2.05, 4.69) is 15.5 Å². The van der Waals surface area contributed by atoms with Gasteiger partial charge in [0, 0.05) is 5.56 Å². The molecule has 28 heavy (non-hydrogen) atoms. The van der Waals surface area contributed by atoms with E-state index >= 15 is 0 Å². The van der Waals surface area contributed by atoms with E-state index in [1.54, 1.807) is 18.2 Å². The molecule has 0 atom stereocenters. The summed E-state index contributed by atoms with van der Waals surface area (Å²) in [6, 6.07) is 15.1. The molecule has 0 bridgehead atoms. The highest BCUT2D eigenvalue weighted by Gasteiger charge is 2.19. The molecule has 2 aromatic carbocycles. The molecule has 0 fully saturated rings. The molecule has 4 rings (SSSR count). The van der Waals surface area contributed by atoms with Gasteiger partial charge < -0.3 is 14.6 Å². The number of benzene rings is 2. The molecule has 3 aromatic rings. The van der Waals surface area contributed by atoms with Crippen molar-refractivity contribution >= 4 is 29.1 Å². The number of hydrogen-bond acceptors (Lipinski definition) is 6. The molecule has 0 radical (unpaired) electrons. The van der Waals surface area contributed by atoms with Crippen molar-refractivity contribution in [3.63, 3.8) is 0 Å². The lowest BCUT2D eigenvalue weighted by Crippen LogP contribution is -2.25. The number of nitrogens with zero attached hydrogens (tertiary/aromatic N) is 3. The zero-order chi connectivity index (χ0) is 19.5.